The Bertz CT molecular complexity index is 753. The topological polar surface area (TPSA) is 170 Å². The molecule has 14 nitrogen and oxygen atoms in total. The van der Waals surface area contributed by atoms with Gasteiger partial charge in [0.2, 0.25) is 11.7 Å². The summed E-state index contributed by atoms with van der Waals surface area (Å²) in [6, 6.07) is 0. The van der Waals surface area contributed by atoms with Crippen molar-refractivity contribution < 1.29 is 19.4 Å². The third kappa shape index (κ3) is 2.61. The van der Waals surface area contributed by atoms with E-state index in [9.17, 15) is 29.8 Å². The molecule has 0 N–H and O–H groups in total. The molecular weight excluding hydrogens is 316 g/mol. The number of amides is 1. The van der Waals surface area contributed by atoms with Crippen LogP contribution in [0.15, 0.2) is 4.99 Å². The molecule has 1 aliphatic rings. The van der Waals surface area contributed by atoms with Gasteiger partial charge in [-0.05, 0) is 9.91 Å². The maximum absolute atomic E-state index is 11.7. The molecule has 1 aromatic rings. The summed E-state index contributed by atoms with van der Waals surface area (Å²) in [7, 11) is 1.23. The molecule has 0 spiro atoms. The summed E-state index contributed by atoms with van der Waals surface area (Å²) in [5.41, 5.74) is 0. The SMILES string of the molecule is CC(=O)N1C(c2nc([N+](=O)[O-])nn2C(C)=O)=NC([N+](=O)[O-])N1C. The Kier molecular flexibility index (Phi) is 3.84. The Morgan fingerprint density at radius 2 is 1.78 bits per heavy atom. The summed E-state index contributed by atoms with van der Waals surface area (Å²) in [5.74, 6) is -3.10. The molecular formula is C9H10N8O6. The lowest BCUT2D eigenvalue weighted by molar-refractivity contribution is -0.551. The zero-order valence-corrected chi connectivity index (χ0v) is 12.1. The zero-order valence-electron chi connectivity index (χ0n) is 12.1. The lowest BCUT2D eigenvalue weighted by Gasteiger charge is -2.22. The van der Waals surface area contributed by atoms with E-state index in [2.05, 4.69) is 15.1 Å². The van der Waals surface area contributed by atoms with Crippen LogP contribution in [-0.4, -0.2) is 65.6 Å². The quantitative estimate of drug-likeness (QED) is 0.492. The second-order valence-electron chi connectivity index (χ2n) is 4.41. The fourth-order valence-corrected chi connectivity index (χ4v) is 1.95. The van der Waals surface area contributed by atoms with Crippen molar-refractivity contribution in [2.45, 2.75) is 20.1 Å². The fraction of sp³-hybridized carbons (Fsp3) is 0.444. The summed E-state index contributed by atoms with van der Waals surface area (Å²) < 4.78 is 0.559. The molecule has 1 amide bonds. The van der Waals surface area contributed by atoms with Gasteiger partial charge >= 0.3 is 12.2 Å². The minimum absolute atomic E-state index is 0.377. The van der Waals surface area contributed by atoms with Gasteiger partial charge < -0.3 is 10.1 Å². The predicted octanol–water partition coefficient (Wildman–Crippen LogP) is -1.14. The zero-order chi connectivity index (χ0) is 17.5. The maximum atomic E-state index is 11.7. The van der Waals surface area contributed by atoms with Crippen LogP contribution in [0, 0.1) is 20.2 Å². The van der Waals surface area contributed by atoms with E-state index in [4.69, 9.17) is 0 Å². The van der Waals surface area contributed by atoms with Gasteiger partial charge in [0.15, 0.2) is 0 Å². The highest BCUT2D eigenvalue weighted by atomic mass is 16.6. The van der Waals surface area contributed by atoms with Crippen molar-refractivity contribution >= 4 is 23.6 Å². The van der Waals surface area contributed by atoms with E-state index in [1.165, 1.54) is 7.05 Å². The monoisotopic (exact) mass is 326 g/mol. The Morgan fingerprint density at radius 1 is 1.17 bits per heavy atom. The van der Waals surface area contributed by atoms with Gasteiger partial charge in [0.25, 0.3) is 11.7 Å². The minimum Gasteiger partial charge on any atom is -0.390 e. The molecule has 0 radical (unpaired) electrons. The first-order chi connectivity index (χ1) is 10.6. The number of rotatable bonds is 3. The Balaban J connectivity index is 2.64. The number of carbonyl (C=O) groups is 2. The molecule has 2 heterocycles. The third-order valence-corrected chi connectivity index (χ3v) is 2.83. The number of nitro groups is 2. The van der Waals surface area contributed by atoms with Crippen molar-refractivity contribution in [3.63, 3.8) is 0 Å². The highest BCUT2D eigenvalue weighted by Gasteiger charge is 2.45. The first-order valence-electron chi connectivity index (χ1n) is 6.02. The lowest BCUT2D eigenvalue weighted by Crippen LogP contribution is -2.48. The molecule has 14 heteroatoms. The molecule has 1 atom stereocenters. The van der Waals surface area contributed by atoms with Crippen molar-refractivity contribution in [2.24, 2.45) is 4.99 Å². The van der Waals surface area contributed by atoms with E-state index in [-0.39, 0.29) is 5.84 Å². The van der Waals surface area contributed by atoms with E-state index >= 15 is 0 Å². The highest BCUT2D eigenvalue weighted by Crippen LogP contribution is 2.20. The largest absolute Gasteiger partial charge is 0.492 e. The predicted molar refractivity (Wildman–Crippen MR) is 70.6 cm³/mol. The summed E-state index contributed by atoms with van der Waals surface area (Å²) >= 11 is 0. The van der Waals surface area contributed by atoms with E-state index in [1.54, 1.807) is 0 Å². The fourth-order valence-electron chi connectivity index (χ4n) is 1.95. The number of hydrazine groups is 1. The first kappa shape index (κ1) is 16.1. The molecule has 0 saturated carbocycles. The number of hydrogen-bond donors (Lipinski definition) is 0. The Hall–Kier alpha value is -3.29. The minimum atomic E-state index is -1.63. The van der Waals surface area contributed by atoms with Crippen LogP contribution >= 0.6 is 0 Å². The van der Waals surface area contributed by atoms with Gasteiger partial charge in [-0.2, -0.15) is 4.99 Å². The number of amidine groups is 1. The summed E-state index contributed by atoms with van der Waals surface area (Å²) in [6.45, 7) is 2.17. The maximum Gasteiger partial charge on any atom is 0.492 e. The number of aliphatic imine (C=N–C) groups is 1. The van der Waals surface area contributed by atoms with Crippen molar-refractivity contribution in [2.75, 3.05) is 7.05 Å². The van der Waals surface area contributed by atoms with Crippen LogP contribution in [-0.2, 0) is 4.79 Å². The van der Waals surface area contributed by atoms with Crippen LogP contribution in [0.3, 0.4) is 0 Å². The van der Waals surface area contributed by atoms with Crippen molar-refractivity contribution in [1.82, 2.24) is 24.8 Å². The smallest absolute Gasteiger partial charge is 0.390 e. The van der Waals surface area contributed by atoms with Gasteiger partial charge in [0.05, 0.1) is 4.92 Å². The van der Waals surface area contributed by atoms with E-state index in [0.29, 0.717) is 4.68 Å². The molecule has 0 fully saturated rings. The molecule has 122 valence electrons. The van der Waals surface area contributed by atoms with E-state index in [1.807, 2.05) is 0 Å². The van der Waals surface area contributed by atoms with Crippen molar-refractivity contribution in [3.05, 3.63) is 26.1 Å². The van der Waals surface area contributed by atoms with Crippen LogP contribution < -0.4 is 0 Å². The average Bonchev–Trinajstić information content (AvgIpc) is 2.99. The summed E-state index contributed by atoms with van der Waals surface area (Å²) in [5, 5.41) is 26.9. The molecule has 2 rings (SSSR count). The van der Waals surface area contributed by atoms with Gasteiger partial charge in [-0.15, -0.1) is 5.01 Å². The van der Waals surface area contributed by atoms with Crippen molar-refractivity contribution in [3.8, 4) is 0 Å². The van der Waals surface area contributed by atoms with Crippen LogP contribution in [0.5, 0.6) is 0 Å². The van der Waals surface area contributed by atoms with Gasteiger partial charge in [-0.3, -0.25) is 19.7 Å². The van der Waals surface area contributed by atoms with E-state index < -0.39 is 39.7 Å². The van der Waals surface area contributed by atoms with Crippen molar-refractivity contribution in [1.29, 1.82) is 0 Å². The molecule has 0 aromatic carbocycles. The average molecular weight is 326 g/mol. The molecule has 1 unspecified atom stereocenters. The standard InChI is InChI=1S/C9H10N8O6/c1-4(18)14-6(10-8(12-14)16(20)21)7-11-9(17(22)23)13(3)15(7)5(2)19/h9H,1-3H3. The highest BCUT2D eigenvalue weighted by molar-refractivity contribution is 6.07. The lowest BCUT2D eigenvalue weighted by atomic mass is 10.4. The number of nitrogens with zero attached hydrogens (tertiary/aromatic N) is 8. The summed E-state index contributed by atoms with van der Waals surface area (Å²) in [6.07, 6.45) is -1.63. The first-order valence-corrected chi connectivity index (χ1v) is 6.02. The van der Waals surface area contributed by atoms with Crippen LogP contribution in [0.4, 0.5) is 5.95 Å². The third-order valence-electron chi connectivity index (χ3n) is 2.83. The second kappa shape index (κ2) is 5.48. The number of aromatic nitrogens is 3. The number of hydrogen-bond acceptors (Lipinski definition) is 10. The van der Waals surface area contributed by atoms with Crippen LogP contribution in [0.1, 0.15) is 24.5 Å². The van der Waals surface area contributed by atoms with Gasteiger partial charge in [0.1, 0.15) is 0 Å². The number of carbonyl (C=O) groups excluding carboxylic acids is 2. The normalized spacial score (nSPS) is 18.0. The second-order valence-corrected chi connectivity index (χ2v) is 4.41. The molecule has 1 aliphatic heterocycles. The Labute approximate surface area is 127 Å². The van der Waals surface area contributed by atoms with E-state index in [0.717, 1.165) is 23.9 Å². The van der Waals surface area contributed by atoms with Crippen LogP contribution in [0.2, 0.25) is 0 Å². The van der Waals surface area contributed by atoms with Gasteiger partial charge in [-0.1, -0.05) is 4.68 Å². The molecule has 0 saturated heterocycles. The molecule has 23 heavy (non-hydrogen) atoms. The van der Waals surface area contributed by atoms with Crippen LogP contribution in [0.25, 0.3) is 0 Å². The molecule has 0 aliphatic carbocycles. The Morgan fingerprint density at radius 3 is 2.22 bits per heavy atom. The van der Waals surface area contributed by atoms with Gasteiger partial charge in [0, 0.05) is 26.0 Å². The molecule has 1 aromatic heterocycles. The molecule has 0 bridgehead atoms. The van der Waals surface area contributed by atoms with Gasteiger partial charge in [-0.25, -0.2) is 5.01 Å². The summed E-state index contributed by atoms with van der Waals surface area (Å²) in [4.78, 5) is 50.6.